The van der Waals surface area contributed by atoms with Crippen molar-refractivity contribution >= 4 is 34.1 Å². The Kier molecular flexibility index (Phi) is 5.48. The second-order valence-electron chi connectivity index (χ2n) is 5.96. The average molecular weight is 382 g/mol. The monoisotopic (exact) mass is 381 g/mol. The van der Waals surface area contributed by atoms with Crippen LogP contribution in [-0.2, 0) is 11.3 Å². The molecule has 0 N–H and O–H groups in total. The molecule has 0 aliphatic carbocycles. The SMILES string of the molecule is Cc1cc(N(CCC#N)C(=O)Cn2nnc3ccccc3c2=O)ccc1Cl. The van der Waals surface area contributed by atoms with Crippen LogP contribution >= 0.6 is 11.6 Å². The predicted molar refractivity (Wildman–Crippen MR) is 103 cm³/mol. The molecule has 1 amide bonds. The lowest BCUT2D eigenvalue weighted by atomic mass is 10.2. The Morgan fingerprint density at radius 2 is 2.07 bits per heavy atom. The van der Waals surface area contributed by atoms with Crippen LogP contribution in [0.4, 0.5) is 5.69 Å². The molecule has 0 saturated heterocycles. The zero-order chi connectivity index (χ0) is 19.4. The molecule has 3 rings (SSSR count). The van der Waals surface area contributed by atoms with Crippen LogP contribution in [0.5, 0.6) is 0 Å². The first-order valence-electron chi connectivity index (χ1n) is 8.27. The minimum Gasteiger partial charge on any atom is -0.310 e. The van der Waals surface area contributed by atoms with Crippen molar-refractivity contribution in [2.45, 2.75) is 19.9 Å². The van der Waals surface area contributed by atoms with Gasteiger partial charge in [0.15, 0.2) is 0 Å². The summed E-state index contributed by atoms with van der Waals surface area (Å²) in [4.78, 5) is 26.9. The number of anilines is 1. The van der Waals surface area contributed by atoms with Crippen molar-refractivity contribution < 1.29 is 4.79 Å². The summed E-state index contributed by atoms with van der Waals surface area (Å²) in [6, 6.07) is 14.0. The number of halogens is 1. The van der Waals surface area contributed by atoms with Crippen LogP contribution < -0.4 is 10.5 Å². The van der Waals surface area contributed by atoms with Gasteiger partial charge < -0.3 is 4.90 Å². The topological polar surface area (TPSA) is 91.9 Å². The van der Waals surface area contributed by atoms with Gasteiger partial charge in [-0.25, -0.2) is 4.68 Å². The number of hydrogen-bond acceptors (Lipinski definition) is 5. The molecular weight excluding hydrogens is 366 g/mol. The van der Waals surface area contributed by atoms with Crippen LogP contribution in [0.1, 0.15) is 12.0 Å². The standard InChI is InChI=1S/C19H16ClN5O2/c1-13-11-14(7-8-16(13)20)24(10-4-9-21)18(26)12-25-19(27)15-5-2-3-6-17(15)22-23-25/h2-3,5-8,11H,4,10,12H2,1H3. The van der Waals surface area contributed by atoms with E-state index in [0.29, 0.717) is 21.6 Å². The highest BCUT2D eigenvalue weighted by atomic mass is 35.5. The van der Waals surface area contributed by atoms with Crippen molar-refractivity contribution in [3.63, 3.8) is 0 Å². The van der Waals surface area contributed by atoms with Crippen LogP contribution in [0, 0.1) is 18.3 Å². The highest BCUT2D eigenvalue weighted by Crippen LogP contribution is 2.23. The zero-order valence-electron chi connectivity index (χ0n) is 14.6. The number of amides is 1. The summed E-state index contributed by atoms with van der Waals surface area (Å²) in [5.74, 6) is -0.362. The van der Waals surface area contributed by atoms with Gasteiger partial charge >= 0.3 is 0 Å². The quantitative estimate of drug-likeness (QED) is 0.677. The Hall–Kier alpha value is -3.24. The highest BCUT2D eigenvalue weighted by molar-refractivity contribution is 6.31. The third-order valence-corrected chi connectivity index (χ3v) is 4.54. The minimum absolute atomic E-state index is 0.158. The number of carbonyl (C=O) groups is 1. The van der Waals surface area contributed by atoms with Gasteiger partial charge in [0.2, 0.25) is 5.91 Å². The third-order valence-electron chi connectivity index (χ3n) is 4.12. The Morgan fingerprint density at radius 3 is 2.81 bits per heavy atom. The molecule has 0 atom stereocenters. The fourth-order valence-corrected chi connectivity index (χ4v) is 2.81. The van der Waals surface area contributed by atoms with Gasteiger partial charge in [0.25, 0.3) is 5.56 Å². The predicted octanol–water partition coefficient (Wildman–Crippen LogP) is 2.70. The zero-order valence-corrected chi connectivity index (χ0v) is 15.3. The number of benzene rings is 2. The maximum absolute atomic E-state index is 12.9. The fourth-order valence-electron chi connectivity index (χ4n) is 2.70. The number of aromatic nitrogens is 3. The molecule has 1 heterocycles. The molecule has 0 aliphatic rings. The highest BCUT2D eigenvalue weighted by Gasteiger charge is 2.18. The van der Waals surface area contributed by atoms with Crippen molar-refractivity contribution in [2.75, 3.05) is 11.4 Å². The molecule has 1 aromatic heterocycles. The molecule has 0 saturated carbocycles. The van der Waals surface area contributed by atoms with E-state index in [-0.39, 0.29) is 31.0 Å². The maximum atomic E-state index is 12.9. The molecule has 27 heavy (non-hydrogen) atoms. The first-order valence-corrected chi connectivity index (χ1v) is 8.65. The molecule has 0 aliphatic heterocycles. The largest absolute Gasteiger partial charge is 0.310 e. The van der Waals surface area contributed by atoms with Gasteiger partial charge in [-0.1, -0.05) is 28.9 Å². The van der Waals surface area contributed by atoms with Gasteiger partial charge in [-0.15, -0.1) is 5.10 Å². The van der Waals surface area contributed by atoms with E-state index >= 15 is 0 Å². The van der Waals surface area contributed by atoms with Crippen LogP contribution in [0.3, 0.4) is 0 Å². The lowest BCUT2D eigenvalue weighted by molar-refractivity contribution is -0.119. The number of rotatable bonds is 5. The van der Waals surface area contributed by atoms with Crippen LogP contribution in [-0.4, -0.2) is 27.4 Å². The van der Waals surface area contributed by atoms with E-state index in [2.05, 4.69) is 10.3 Å². The van der Waals surface area contributed by atoms with E-state index in [1.165, 1.54) is 4.90 Å². The summed E-state index contributed by atoms with van der Waals surface area (Å²) in [6.07, 6.45) is 0.158. The van der Waals surface area contributed by atoms with Gasteiger partial charge in [-0.3, -0.25) is 9.59 Å². The van der Waals surface area contributed by atoms with Crippen molar-refractivity contribution in [1.29, 1.82) is 5.26 Å². The molecule has 2 aromatic carbocycles. The number of nitriles is 1. The summed E-state index contributed by atoms with van der Waals surface area (Å²) in [5, 5.41) is 17.7. The Balaban J connectivity index is 1.93. The smallest absolute Gasteiger partial charge is 0.278 e. The average Bonchev–Trinajstić information content (AvgIpc) is 2.67. The molecule has 3 aromatic rings. The third kappa shape index (κ3) is 3.96. The molecule has 0 spiro atoms. The Morgan fingerprint density at radius 1 is 1.30 bits per heavy atom. The molecule has 0 radical (unpaired) electrons. The van der Waals surface area contributed by atoms with Gasteiger partial charge in [-0.2, -0.15) is 5.26 Å². The molecule has 7 nitrogen and oxygen atoms in total. The number of fused-ring (bicyclic) bond motifs is 1. The number of nitrogens with zero attached hydrogens (tertiary/aromatic N) is 5. The molecule has 0 unspecified atom stereocenters. The summed E-state index contributed by atoms with van der Waals surface area (Å²) in [5.41, 5.74) is 1.51. The Labute approximate surface area is 160 Å². The summed E-state index contributed by atoms with van der Waals surface area (Å²) >= 11 is 6.06. The fraction of sp³-hybridized carbons (Fsp3) is 0.211. The number of aryl methyl sites for hydroxylation is 1. The van der Waals surface area contributed by atoms with E-state index < -0.39 is 0 Å². The number of hydrogen-bond donors (Lipinski definition) is 0. The second kappa shape index (κ2) is 7.98. The minimum atomic E-state index is -0.388. The van der Waals surface area contributed by atoms with Crippen molar-refractivity contribution in [3.05, 3.63) is 63.4 Å². The molecule has 0 fully saturated rings. The Bertz CT molecular complexity index is 1100. The van der Waals surface area contributed by atoms with Crippen LogP contribution in [0.2, 0.25) is 5.02 Å². The first-order chi connectivity index (χ1) is 13.0. The normalized spacial score (nSPS) is 10.6. The van der Waals surface area contributed by atoms with Crippen LogP contribution in [0.15, 0.2) is 47.3 Å². The lowest BCUT2D eigenvalue weighted by Crippen LogP contribution is -2.38. The second-order valence-corrected chi connectivity index (χ2v) is 6.36. The van der Waals surface area contributed by atoms with Crippen molar-refractivity contribution in [2.24, 2.45) is 0 Å². The van der Waals surface area contributed by atoms with Crippen LogP contribution in [0.25, 0.3) is 10.9 Å². The van der Waals surface area contributed by atoms with E-state index in [9.17, 15) is 9.59 Å². The van der Waals surface area contributed by atoms with Gasteiger partial charge in [0.1, 0.15) is 12.1 Å². The van der Waals surface area contributed by atoms with E-state index in [0.717, 1.165) is 10.2 Å². The molecule has 136 valence electrons. The van der Waals surface area contributed by atoms with Gasteiger partial charge in [0.05, 0.1) is 17.9 Å². The first kappa shape index (κ1) is 18.5. The maximum Gasteiger partial charge on any atom is 0.278 e. The molecule has 8 heteroatoms. The summed E-state index contributed by atoms with van der Waals surface area (Å²) in [7, 11) is 0. The molecular formula is C19H16ClN5O2. The van der Waals surface area contributed by atoms with E-state index in [1.807, 2.05) is 13.0 Å². The van der Waals surface area contributed by atoms with Gasteiger partial charge in [0, 0.05) is 17.3 Å². The van der Waals surface area contributed by atoms with E-state index in [1.54, 1.807) is 42.5 Å². The van der Waals surface area contributed by atoms with Crippen molar-refractivity contribution in [3.8, 4) is 6.07 Å². The number of carbonyl (C=O) groups excluding carboxylic acids is 1. The molecule has 0 bridgehead atoms. The summed E-state index contributed by atoms with van der Waals surface area (Å²) in [6.45, 7) is 1.76. The summed E-state index contributed by atoms with van der Waals surface area (Å²) < 4.78 is 1.03. The van der Waals surface area contributed by atoms with Crippen molar-refractivity contribution in [1.82, 2.24) is 15.0 Å². The lowest BCUT2D eigenvalue weighted by Gasteiger charge is -2.22. The van der Waals surface area contributed by atoms with Gasteiger partial charge in [-0.05, 0) is 42.8 Å². The van der Waals surface area contributed by atoms with E-state index in [4.69, 9.17) is 16.9 Å².